The molecule has 7 heteroatoms. The normalized spacial score (nSPS) is 11.5. The lowest BCUT2D eigenvalue weighted by atomic mass is 10.0. The number of halogens is 4. The summed E-state index contributed by atoms with van der Waals surface area (Å²) in [4.78, 5) is 16.2. The highest BCUT2D eigenvalue weighted by molar-refractivity contribution is 6.00. The Bertz CT molecular complexity index is 938. The third kappa shape index (κ3) is 3.60. The lowest BCUT2D eigenvalue weighted by molar-refractivity contribution is -0.136. The molecule has 0 aliphatic carbocycles. The molecule has 0 bridgehead atoms. The molecule has 3 rings (SSSR count). The van der Waals surface area contributed by atoms with Gasteiger partial charge in [0.2, 0.25) is 0 Å². The molecule has 0 atom stereocenters. The average Bonchev–Trinajstić information content (AvgIpc) is 2.58. The van der Waals surface area contributed by atoms with Gasteiger partial charge in [-0.3, -0.25) is 9.78 Å². The van der Waals surface area contributed by atoms with Crippen LogP contribution in [0.15, 0.2) is 54.7 Å². The lowest BCUT2D eigenvalue weighted by Gasteiger charge is -2.15. The lowest BCUT2D eigenvalue weighted by Crippen LogP contribution is -2.26. The van der Waals surface area contributed by atoms with Crippen molar-refractivity contribution in [3.63, 3.8) is 0 Å². The van der Waals surface area contributed by atoms with Crippen LogP contribution in [0.2, 0.25) is 0 Å². The molecule has 3 aromatic rings. The maximum Gasteiger partial charge on any atom is 0.417 e. The van der Waals surface area contributed by atoms with E-state index < -0.39 is 29.0 Å². The second kappa shape index (κ2) is 6.51. The van der Waals surface area contributed by atoms with Gasteiger partial charge in [0.15, 0.2) is 0 Å². The van der Waals surface area contributed by atoms with Crippen LogP contribution in [-0.4, -0.2) is 10.9 Å². The molecule has 2 aromatic carbocycles. The average molecular weight is 348 g/mol. The standard InChI is InChI=1S/C18H12F4N2O/c19-12-5-3-4-11(8-12)9-24-17(25)14-10-23-15-7-2-1-6-13(15)16(14)18(20,21)22/h1-8,10H,9H2,(H,24,25). The topological polar surface area (TPSA) is 42.0 Å². The van der Waals surface area contributed by atoms with Crippen LogP contribution in [0.25, 0.3) is 10.9 Å². The molecule has 1 aromatic heterocycles. The van der Waals surface area contributed by atoms with Crippen molar-refractivity contribution in [2.24, 2.45) is 0 Å². The van der Waals surface area contributed by atoms with Gasteiger partial charge in [-0.1, -0.05) is 30.3 Å². The van der Waals surface area contributed by atoms with Crippen molar-refractivity contribution < 1.29 is 22.4 Å². The van der Waals surface area contributed by atoms with Crippen LogP contribution in [0.4, 0.5) is 17.6 Å². The van der Waals surface area contributed by atoms with Crippen molar-refractivity contribution in [1.82, 2.24) is 10.3 Å². The molecule has 0 radical (unpaired) electrons. The molecule has 1 N–H and O–H groups in total. The fraction of sp³-hybridized carbons (Fsp3) is 0.111. The minimum atomic E-state index is -4.71. The van der Waals surface area contributed by atoms with Gasteiger partial charge in [0.05, 0.1) is 16.6 Å². The molecule has 25 heavy (non-hydrogen) atoms. The number of nitrogens with one attached hydrogen (secondary N) is 1. The number of amides is 1. The number of rotatable bonds is 3. The van der Waals surface area contributed by atoms with Gasteiger partial charge in [0.25, 0.3) is 5.91 Å². The monoisotopic (exact) mass is 348 g/mol. The summed E-state index contributed by atoms with van der Waals surface area (Å²) >= 11 is 0. The Labute approximate surface area is 140 Å². The van der Waals surface area contributed by atoms with Crippen molar-refractivity contribution in [1.29, 1.82) is 0 Å². The molecular weight excluding hydrogens is 336 g/mol. The Morgan fingerprint density at radius 3 is 2.56 bits per heavy atom. The van der Waals surface area contributed by atoms with Crippen LogP contribution in [0.5, 0.6) is 0 Å². The predicted molar refractivity (Wildman–Crippen MR) is 84.3 cm³/mol. The maximum atomic E-state index is 13.5. The molecule has 0 aliphatic heterocycles. The number of aromatic nitrogens is 1. The largest absolute Gasteiger partial charge is 0.417 e. The molecular formula is C18H12F4N2O. The number of hydrogen-bond acceptors (Lipinski definition) is 2. The summed E-state index contributed by atoms with van der Waals surface area (Å²) in [5.41, 5.74) is -1.01. The van der Waals surface area contributed by atoms with Crippen molar-refractivity contribution >= 4 is 16.8 Å². The first kappa shape index (κ1) is 16.9. The number of alkyl halides is 3. The molecule has 0 saturated carbocycles. The highest BCUT2D eigenvalue weighted by atomic mass is 19.4. The molecule has 128 valence electrons. The van der Waals surface area contributed by atoms with Gasteiger partial charge in [-0.05, 0) is 23.8 Å². The zero-order valence-corrected chi connectivity index (χ0v) is 12.8. The Kier molecular flexibility index (Phi) is 4.39. The summed E-state index contributed by atoms with van der Waals surface area (Å²) in [6.07, 6.45) is -3.81. The fourth-order valence-electron chi connectivity index (χ4n) is 2.54. The molecule has 0 saturated heterocycles. The summed E-state index contributed by atoms with van der Waals surface area (Å²) in [5, 5.41) is 2.23. The Balaban J connectivity index is 1.96. The van der Waals surface area contributed by atoms with E-state index in [-0.39, 0.29) is 17.4 Å². The SMILES string of the molecule is O=C(NCc1cccc(F)c1)c1cnc2ccccc2c1C(F)(F)F. The molecule has 3 nitrogen and oxygen atoms in total. The van der Waals surface area contributed by atoms with Gasteiger partial charge >= 0.3 is 6.18 Å². The highest BCUT2D eigenvalue weighted by Crippen LogP contribution is 2.36. The van der Waals surface area contributed by atoms with Crippen molar-refractivity contribution in [3.05, 3.63) is 77.2 Å². The third-order valence-corrected chi connectivity index (χ3v) is 3.65. The molecule has 0 unspecified atom stereocenters. The maximum absolute atomic E-state index is 13.5. The van der Waals surface area contributed by atoms with E-state index in [1.165, 1.54) is 36.4 Å². The fourth-order valence-corrected chi connectivity index (χ4v) is 2.54. The van der Waals surface area contributed by atoms with Crippen molar-refractivity contribution in [3.8, 4) is 0 Å². The molecule has 0 spiro atoms. The van der Waals surface area contributed by atoms with E-state index in [2.05, 4.69) is 10.3 Å². The van der Waals surface area contributed by atoms with Crippen LogP contribution in [0.1, 0.15) is 21.5 Å². The summed E-state index contributed by atoms with van der Waals surface area (Å²) in [6, 6.07) is 11.2. The zero-order valence-electron chi connectivity index (χ0n) is 12.8. The van der Waals surface area contributed by atoms with E-state index in [0.29, 0.717) is 5.56 Å². The molecule has 0 fully saturated rings. The van der Waals surface area contributed by atoms with Gasteiger partial charge in [-0.25, -0.2) is 4.39 Å². The van der Waals surface area contributed by atoms with Crippen molar-refractivity contribution in [2.45, 2.75) is 12.7 Å². The van der Waals surface area contributed by atoms with Crippen LogP contribution < -0.4 is 5.32 Å². The first-order chi connectivity index (χ1) is 11.9. The minimum Gasteiger partial charge on any atom is -0.348 e. The van der Waals surface area contributed by atoms with Crippen LogP contribution >= 0.6 is 0 Å². The summed E-state index contributed by atoms with van der Waals surface area (Å²) in [6.45, 7) is -0.0965. The van der Waals surface area contributed by atoms with Crippen LogP contribution in [0, 0.1) is 5.82 Å². The summed E-state index contributed by atoms with van der Waals surface area (Å²) in [7, 11) is 0. The number of pyridine rings is 1. The van der Waals surface area contributed by atoms with Gasteiger partial charge in [-0.15, -0.1) is 0 Å². The van der Waals surface area contributed by atoms with E-state index in [1.807, 2.05) is 0 Å². The predicted octanol–water partition coefficient (Wildman–Crippen LogP) is 4.32. The minimum absolute atomic E-state index is 0.0965. The third-order valence-electron chi connectivity index (χ3n) is 3.65. The van der Waals surface area contributed by atoms with Crippen LogP contribution in [0.3, 0.4) is 0 Å². The first-order valence-electron chi connectivity index (χ1n) is 7.34. The number of hydrogen-bond donors (Lipinski definition) is 1. The second-order valence-electron chi connectivity index (χ2n) is 5.37. The second-order valence-corrected chi connectivity index (χ2v) is 5.37. The Hall–Kier alpha value is -2.96. The van der Waals surface area contributed by atoms with Gasteiger partial charge in [0.1, 0.15) is 5.82 Å². The number of fused-ring (bicyclic) bond motifs is 1. The smallest absolute Gasteiger partial charge is 0.348 e. The quantitative estimate of drug-likeness (QED) is 0.716. The zero-order chi connectivity index (χ0) is 18.0. The number of carbonyl (C=O) groups is 1. The molecule has 0 aliphatic rings. The van der Waals surface area contributed by atoms with Crippen LogP contribution in [-0.2, 0) is 12.7 Å². The summed E-state index contributed by atoms with van der Waals surface area (Å²) < 4.78 is 53.6. The van der Waals surface area contributed by atoms with E-state index in [4.69, 9.17) is 0 Å². The molecule has 1 heterocycles. The number of nitrogens with zero attached hydrogens (tertiary/aromatic N) is 1. The van der Waals surface area contributed by atoms with E-state index >= 15 is 0 Å². The summed E-state index contributed by atoms with van der Waals surface area (Å²) in [5.74, 6) is -1.41. The molecule has 1 amide bonds. The Morgan fingerprint density at radius 2 is 1.84 bits per heavy atom. The van der Waals surface area contributed by atoms with Gasteiger partial charge in [-0.2, -0.15) is 13.2 Å². The van der Waals surface area contributed by atoms with E-state index in [1.54, 1.807) is 12.1 Å². The highest BCUT2D eigenvalue weighted by Gasteiger charge is 2.37. The van der Waals surface area contributed by atoms with E-state index in [9.17, 15) is 22.4 Å². The van der Waals surface area contributed by atoms with Crippen molar-refractivity contribution in [2.75, 3.05) is 0 Å². The Morgan fingerprint density at radius 1 is 1.08 bits per heavy atom. The number of benzene rings is 2. The van der Waals surface area contributed by atoms with E-state index in [0.717, 1.165) is 6.20 Å². The number of para-hydroxylation sites is 1. The first-order valence-corrected chi connectivity index (χ1v) is 7.34. The van der Waals surface area contributed by atoms with Gasteiger partial charge in [0, 0.05) is 18.1 Å². The number of carbonyl (C=O) groups excluding carboxylic acids is 1. The van der Waals surface area contributed by atoms with Gasteiger partial charge < -0.3 is 5.32 Å².